The first-order valence-electron chi connectivity index (χ1n) is 3.79. The Morgan fingerprint density at radius 3 is 2.47 bits per heavy atom. The van der Waals surface area contributed by atoms with Crippen LogP contribution in [0.1, 0.15) is 4.88 Å². The summed E-state index contributed by atoms with van der Waals surface area (Å²) in [5.41, 5.74) is 0. The van der Waals surface area contributed by atoms with Crippen LogP contribution in [0, 0.1) is 0 Å². The number of thiophene rings is 1. The fourth-order valence-corrected chi connectivity index (χ4v) is 1.78. The largest absolute Gasteiger partial charge is 1.00 e. The Morgan fingerprint density at radius 1 is 1.47 bits per heavy atom. The summed E-state index contributed by atoms with van der Waals surface area (Å²) in [4.78, 5) is 11.1. The first kappa shape index (κ1) is 15.7. The number of hydrogen-bond donors (Lipinski definition) is 0. The van der Waals surface area contributed by atoms with Crippen molar-refractivity contribution in [2.24, 2.45) is 0 Å². The zero-order valence-electron chi connectivity index (χ0n) is 8.30. The van der Waals surface area contributed by atoms with Crippen molar-refractivity contribution in [1.29, 1.82) is 0 Å². The zero-order valence-corrected chi connectivity index (χ0v) is 12.2. The van der Waals surface area contributed by atoms with Crippen molar-refractivity contribution in [3.63, 3.8) is 0 Å². The number of carbonyl (C=O) groups is 1. The number of halogens is 3. The average molecular weight is 262 g/mol. The Hall–Kier alpha value is 0.661. The van der Waals surface area contributed by atoms with Gasteiger partial charge >= 0.3 is 64.3 Å². The fourth-order valence-electron chi connectivity index (χ4n) is 0.880. The molecule has 0 bridgehead atoms. The van der Waals surface area contributed by atoms with Crippen LogP contribution in [0.15, 0.2) is 12.1 Å². The summed E-state index contributed by atoms with van der Waals surface area (Å²) in [6, 6.07) is 2.29. The fraction of sp³-hybridized carbons (Fsp3) is 0.286. The van der Waals surface area contributed by atoms with Gasteiger partial charge in [-0.05, 0) is 0 Å². The van der Waals surface area contributed by atoms with Crippen LogP contribution in [-0.4, -0.2) is 20.1 Å². The van der Waals surface area contributed by atoms with Crippen LogP contribution in [0.4, 0.5) is 12.9 Å². The topological polar surface area (TPSA) is 26.3 Å². The summed E-state index contributed by atoms with van der Waals surface area (Å²) >= 11 is 0.585. The monoisotopic (exact) mass is 262 g/mol. The second-order valence-electron chi connectivity index (χ2n) is 2.63. The maximum atomic E-state index is 12.2. The number of rotatable bonds is 3. The molecule has 0 saturated carbocycles. The molecule has 0 amide bonds. The molecule has 2 nitrogen and oxygen atoms in total. The Labute approximate surface area is 132 Å². The summed E-state index contributed by atoms with van der Waals surface area (Å²) in [6.07, 6.45) is -0.104. The maximum absolute atomic E-state index is 12.2. The third kappa shape index (κ3) is 5.01. The van der Waals surface area contributed by atoms with Crippen LogP contribution in [0.5, 0.6) is 0 Å². The maximum Gasteiger partial charge on any atom is 1.00 e. The third-order valence-corrected chi connectivity index (χ3v) is 2.73. The molecule has 0 radical (unpaired) electrons. The smallest absolute Gasteiger partial charge is 0.469 e. The van der Waals surface area contributed by atoms with E-state index >= 15 is 0 Å². The number of ether oxygens (including phenoxy) is 1. The summed E-state index contributed by atoms with van der Waals surface area (Å²) < 4.78 is 40.2. The Bertz CT molecular complexity index is 339. The minimum Gasteiger partial charge on any atom is -0.469 e. The van der Waals surface area contributed by atoms with E-state index in [1.807, 2.05) is 0 Å². The number of carbonyl (C=O) groups excluding carboxylic acids is 1. The van der Waals surface area contributed by atoms with Gasteiger partial charge in [-0.15, -0.1) is 0 Å². The van der Waals surface area contributed by atoms with Crippen molar-refractivity contribution in [3.8, 4) is 0 Å². The van der Waals surface area contributed by atoms with E-state index in [1.54, 1.807) is 0 Å². The summed E-state index contributed by atoms with van der Waals surface area (Å²) in [7, 11) is 1.20. The molecule has 0 unspecified atom stereocenters. The van der Waals surface area contributed by atoms with Gasteiger partial charge in [-0.25, -0.2) is 0 Å². The molecule has 0 aliphatic carbocycles. The number of esters is 1. The van der Waals surface area contributed by atoms with Crippen LogP contribution in [0.25, 0.3) is 0 Å². The SMILES string of the molecule is COC(=O)Cc1ccc([B-](F)(F)F)s1.[K+]. The molecule has 0 aliphatic rings. The first-order chi connectivity index (χ1) is 6.43. The van der Waals surface area contributed by atoms with Crippen molar-refractivity contribution in [1.82, 2.24) is 0 Å². The molecule has 78 valence electrons. The molecule has 0 saturated heterocycles. The molecule has 0 fully saturated rings. The van der Waals surface area contributed by atoms with Gasteiger partial charge in [0, 0.05) is 4.88 Å². The predicted molar refractivity (Wildman–Crippen MR) is 48.8 cm³/mol. The van der Waals surface area contributed by atoms with E-state index in [4.69, 9.17) is 0 Å². The quantitative estimate of drug-likeness (QED) is 0.490. The summed E-state index contributed by atoms with van der Waals surface area (Å²) in [5.74, 6) is -0.534. The van der Waals surface area contributed by atoms with Crippen molar-refractivity contribution >= 4 is 29.1 Å². The van der Waals surface area contributed by atoms with Gasteiger partial charge in [-0.3, -0.25) is 4.79 Å². The van der Waals surface area contributed by atoms with Crippen molar-refractivity contribution in [2.75, 3.05) is 7.11 Å². The van der Waals surface area contributed by atoms with Crippen molar-refractivity contribution in [2.45, 2.75) is 6.42 Å². The van der Waals surface area contributed by atoms with Crippen molar-refractivity contribution in [3.05, 3.63) is 17.0 Å². The van der Waals surface area contributed by atoms with Gasteiger partial charge in [-0.1, -0.05) is 16.9 Å². The molecule has 1 aromatic heterocycles. The van der Waals surface area contributed by atoms with Gasteiger partial charge in [0.15, 0.2) is 0 Å². The molecular weight excluding hydrogens is 255 g/mol. The molecule has 0 aliphatic heterocycles. The van der Waals surface area contributed by atoms with Crippen LogP contribution in [0.2, 0.25) is 0 Å². The van der Waals surface area contributed by atoms with Gasteiger partial charge in [0.1, 0.15) is 0 Å². The van der Waals surface area contributed by atoms with Crippen LogP contribution in [0.3, 0.4) is 0 Å². The predicted octanol–water partition coefficient (Wildman–Crippen LogP) is -1.48. The molecule has 8 heteroatoms. The van der Waals surface area contributed by atoms with E-state index < -0.39 is 17.7 Å². The molecular formula is C7H7BF3KO2S. The zero-order chi connectivity index (χ0) is 10.8. The molecule has 0 spiro atoms. The average Bonchev–Trinajstić information content (AvgIpc) is 2.51. The van der Waals surface area contributed by atoms with Gasteiger partial charge in [-0.2, -0.15) is 11.3 Å². The second kappa shape index (κ2) is 6.41. The standard InChI is InChI=1S/C7H7BF3O2S.K/c1-13-7(12)4-5-2-3-6(14-5)8(9,10)11;/h2-3H,4H2,1H3;/q-1;+1. The number of methoxy groups -OCH3 is 1. The van der Waals surface area contributed by atoms with E-state index in [0.29, 0.717) is 16.2 Å². The van der Waals surface area contributed by atoms with E-state index in [-0.39, 0.29) is 57.8 Å². The van der Waals surface area contributed by atoms with Crippen LogP contribution < -0.4 is 56.2 Å². The molecule has 15 heavy (non-hydrogen) atoms. The van der Waals surface area contributed by atoms with E-state index in [0.717, 1.165) is 6.07 Å². The minimum absolute atomic E-state index is 0. The van der Waals surface area contributed by atoms with Crippen LogP contribution >= 0.6 is 11.3 Å². The van der Waals surface area contributed by atoms with Gasteiger partial charge in [0.2, 0.25) is 0 Å². The first-order valence-corrected chi connectivity index (χ1v) is 4.60. The van der Waals surface area contributed by atoms with Gasteiger partial charge < -0.3 is 17.7 Å². The molecule has 0 aromatic carbocycles. The Kier molecular flexibility index (Phi) is 6.69. The normalized spacial score (nSPS) is 10.7. The second-order valence-corrected chi connectivity index (χ2v) is 3.83. The molecule has 0 atom stereocenters. The Morgan fingerprint density at radius 2 is 2.07 bits per heavy atom. The molecule has 1 rings (SSSR count). The molecule has 0 N–H and O–H groups in total. The summed E-state index contributed by atoms with van der Waals surface area (Å²) in [5, 5.41) is 0. The van der Waals surface area contributed by atoms with E-state index in [1.165, 1.54) is 13.2 Å². The molecule has 1 heterocycles. The van der Waals surface area contributed by atoms with E-state index in [2.05, 4.69) is 4.74 Å². The molecule has 1 aromatic rings. The third-order valence-electron chi connectivity index (χ3n) is 1.55. The van der Waals surface area contributed by atoms with Crippen molar-refractivity contribution < 1.29 is 73.9 Å². The van der Waals surface area contributed by atoms with Crippen LogP contribution in [-0.2, 0) is 16.0 Å². The number of hydrogen-bond acceptors (Lipinski definition) is 3. The summed E-state index contributed by atoms with van der Waals surface area (Å²) in [6.45, 7) is -4.95. The van der Waals surface area contributed by atoms with Gasteiger partial charge in [0.25, 0.3) is 0 Å². The van der Waals surface area contributed by atoms with Gasteiger partial charge in [0.05, 0.1) is 13.5 Å². The minimum atomic E-state index is -4.95. The Balaban J connectivity index is 0.00000196. The van der Waals surface area contributed by atoms with E-state index in [9.17, 15) is 17.7 Å².